The molecular formula is C12H24O3. The van der Waals surface area contributed by atoms with E-state index in [0.29, 0.717) is 31.7 Å². The van der Waals surface area contributed by atoms with E-state index < -0.39 is 0 Å². The van der Waals surface area contributed by atoms with Crippen LogP contribution in [-0.4, -0.2) is 37.1 Å². The molecule has 1 unspecified atom stereocenters. The van der Waals surface area contributed by atoms with Crippen molar-refractivity contribution in [2.45, 2.75) is 39.2 Å². The highest BCUT2D eigenvalue weighted by Crippen LogP contribution is 2.48. The highest BCUT2D eigenvalue weighted by molar-refractivity contribution is 5.00. The lowest BCUT2D eigenvalue weighted by Gasteiger charge is -2.27. The zero-order chi connectivity index (χ0) is 11.3. The van der Waals surface area contributed by atoms with Gasteiger partial charge in [-0.3, -0.25) is 0 Å². The smallest absolute Gasteiger partial charge is 0.0713 e. The highest BCUT2D eigenvalue weighted by Gasteiger charge is 2.49. The van der Waals surface area contributed by atoms with Crippen molar-refractivity contribution < 1.29 is 14.6 Å². The number of hydrogen-bond acceptors (Lipinski definition) is 3. The van der Waals surface area contributed by atoms with Crippen molar-refractivity contribution in [2.75, 3.05) is 26.4 Å². The van der Waals surface area contributed by atoms with Gasteiger partial charge in [-0.05, 0) is 24.7 Å². The van der Waals surface area contributed by atoms with Crippen molar-refractivity contribution in [1.82, 2.24) is 0 Å². The molecule has 0 aromatic heterocycles. The van der Waals surface area contributed by atoms with E-state index >= 15 is 0 Å². The van der Waals surface area contributed by atoms with E-state index in [2.05, 4.69) is 20.8 Å². The van der Waals surface area contributed by atoms with Gasteiger partial charge in [0.25, 0.3) is 0 Å². The molecule has 0 aliphatic heterocycles. The summed E-state index contributed by atoms with van der Waals surface area (Å²) in [5.41, 5.74) is 0.136. The van der Waals surface area contributed by atoms with E-state index in [0.717, 1.165) is 0 Å². The van der Waals surface area contributed by atoms with E-state index in [4.69, 9.17) is 14.6 Å². The molecule has 1 aliphatic rings. The Kier molecular flexibility index (Phi) is 5.03. The molecule has 3 heteroatoms. The molecule has 0 amide bonds. The fourth-order valence-electron chi connectivity index (χ4n) is 1.93. The summed E-state index contributed by atoms with van der Waals surface area (Å²) >= 11 is 0. The largest absolute Gasteiger partial charge is 0.394 e. The Hall–Kier alpha value is -0.120. The summed E-state index contributed by atoms with van der Waals surface area (Å²) in [7, 11) is 0. The summed E-state index contributed by atoms with van der Waals surface area (Å²) in [6.45, 7) is 8.51. The van der Waals surface area contributed by atoms with Crippen molar-refractivity contribution in [2.24, 2.45) is 11.8 Å². The fourth-order valence-corrected chi connectivity index (χ4v) is 1.93. The van der Waals surface area contributed by atoms with Gasteiger partial charge in [-0.2, -0.15) is 0 Å². The van der Waals surface area contributed by atoms with Gasteiger partial charge in [0.15, 0.2) is 0 Å². The quantitative estimate of drug-likeness (QED) is 0.629. The first kappa shape index (κ1) is 12.9. The van der Waals surface area contributed by atoms with Crippen LogP contribution in [0, 0.1) is 11.8 Å². The van der Waals surface area contributed by atoms with Gasteiger partial charge >= 0.3 is 0 Å². The molecule has 0 spiro atoms. The van der Waals surface area contributed by atoms with Crippen LogP contribution >= 0.6 is 0 Å². The van der Waals surface area contributed by atoms with E-state index in [1.807, 2.05) is 0 Å². The second-order valence-electron chi connectivity index (χ2n) is 4.78. The minimum atomic E-state index is 0.0908. The first-order valence-corrected chi connectivity index (χ1v) is 5.95. The first-order valence-electron chi connectivity index (χ1n) is 5.95. The van der Waals surface area contributed by atoms with Crippen LogP contribution in [0.15, 0.2) is 0 Å². The summed E-state index contributed by atoms with van der Waals surface area (Å²) in [6, 6.07) is 0. The molecule has 0 heterocycles. The summed E-state index contributed by atoms with van der Waals surface area (Å²) in [5.74, 6) is 1.29. The maximum absolute atomic E-state index is 8.53. The van der Waals surface area contributed by atoms with Gasteiger partial charge < -0.3 is 14.6 Å². The zero-order valence-corrected chi connectivity index (χ0v) is 10.2. The maximum Gasteiger partial charge on any atom is 0.0713 e. The lowest BCUT2D eigenvalue weighted by Crippen LogP contribution is -2.29. The molecule has 1 atom stereocenters. The molecule has 3 nitrogen and oxygen atoms in total. The molecule has 0 bridgehead atoms. The molecule has 0 saturated heterocycles. The van der Waals surface area contributed by atoms with Gasteiger partial charge in [-0.15, -0.1) is 0 Å². The molecule has 90 valence electrons. The van der Waals surface area contributed by atoms with Gasteiger partial charge in [0.2, 0.25) is 0 Å². The standard InChI is InChI=1S/C12H24O3/c1-10(2)11(3)12(4-5-12)15-9-8-14-7-6-13/h10-11,13H,4-9H2,1-3H3. The van der Waals surface area contributed by atoms with E-state index in [1.54, 1.807) is 0 Å². The predicted molar refractivity (Wildman–Crippen MR) is 59.8 cm³/mol. The molecule has 1 aliphatic carbocycles. The van der Waals surface area contributed by atoms with Crippen LogP contribution in [-0.2, 0) is 9.47 Å². The Morgan fingerprint density at radius 3 is 2.27 bits per heavy atom. The number of ether oxygens (including phenoxy) is 2. The Labute approximate surface area is 92.8 Å². The average molecular weight is 216 g/mol. The van der Waals surface area contributed by atoms with E-state index in [-0.39, 0.29) is 12.2 Å². The summed E-state index contributed by atoms with van der Waals surface area (Å²) in [6.07, 6.45) is 2.37. The number of aliphatic hydroxyl groups is 1. The third kappa shape index (κ3) is 3.74. The molecular weight excluding hydrogens is 192 g/mol. The molecule has 1 rings (SSSR count). The first-order chi connectivity index (χ1) is 7.12. The fraction of sp³-hybridized carbons (Fsp3) is 1.00. The molecule has 0 radical (unpaired) electrons. The van der Waals surface area contributed by atoms with Crippen molar-refractivity contribution in [3.8, 4) is 0 Å². The normalized spacial score (nSPS) is 20.6. The van der Waals surface area contributed by atoms with Crippen LogP contribution < -0.4 is 0 Å². The maximum atomic E-state index is 8.53. The van der Waals surface area contributed by atoms with Gasteiger partial charge in [0.05, 0.1) is 32.0 Å². The summed E-state index contributed by atoms with van der Waals surface area (Å²) in [5, 5.41) is 8.53. The van der Waals surface area contributed by atoms with Gasteiger partial charge in [-0.25, -0.2) is 0 Å². The third-order valence-corrected chi connectivity index (χ3v) is 3.43. The molecule has 1 saturated carbocycles. The minimum Gasteiger partial charge on any atom is -0.394 e. The monoisotopic (exact) mass is 216 g/mol. The van der Waals surface area contributed by atoms with Gasteiger partial charge in [-0.1, -0.05) is 20.8 Å². The number of aliphatic hydroxyl groups excluding tert-OH is 1. The minimum absolute atomic E-state index is 0.0908. The van der Waals surface area contributed by atoms with Crippen LogP contribution in [0.1, 0.15) is 33.6 Å². The van der Waals surface area contributed by atoms with Crippen LogP contribution in [0.4, 0.5) is 0 Å². The molecule has 1 fully saturated rings. The highest BCUT2D eigenvalue weighted by atomic mass is 16.5. The molecule has 0 aromatic rings. The second-order valence-corrected chi connectivity index (χ2v) is 4.78. The van der Waals surface area contributed by atoms with E-state index in [9.17, 15) is 0 Å². The lowest BCUT2D eigenvalue weighted by atomic mass is 9.90. The zero-order valence-electron chi connectivity index (χ0n) is 10.2. The number of hydrogen-bond donors (Lipinski definition) is 1. The lowest BCUT2D eigenvalue weighted by molar-refractivity contribution is -0.0475. The number of rotatable bonds is 8. The van der Waals surface area contributed by atoms with Crippen LogP contribution in [0.5, 0.6) is 0 Å². The summed E-state index contributed by atoms with van der Waals surface area (Å²) < 4.78 is 11.1. The summed E-state index contributed by atoms with van der Waals surface area (Å²) in [4.78, 5) is 0. The third-order valence-electron chi connectivity index (χ3n) is 3.43. The second kappa shape index (κ2) is 5.83. The van der Waals surface area contributed by atoms with Crippen LogP contribution in [0.2, 0.25) is 0 Å². The van der Waals surface area contributed by atoms with Crippen molar-refractivity contribution in [3.05, 3.63) is 0 Å². The van der Waals surface area contributed by atoms with Crippen LogP contribution in [0.3, 0.4) is 0 Å². The SMILES string of the molecule is CC(C)C(C)C1(OCCOCCO)CC1. The molecule has 15 heavy (non-hydrogen) atoms. The van der Waals surface area contributed by atoms with Crippen LogP contribution in [0.25, 0.3) is 0 Å². The van der Waals surface area contributed by atoms with Crippen molar-refractivity contribution >= 4 is 0 Å². The Balaban J connectivity index is 2.14. The van der Waals surface area contributed by atoms with Crippen molar-refractivity contribution in [3.63, 3.8) is 0 Å². The Morgan fingerprint density at radius 1 is 1.13 bits per heavy atom. The van der Waals surface area contributed by atoms with Crippen molar-refractivity contribution in [1.29, 1.82) is 0 Å². The van der Waals surface area contributed by atoms with Gasteiger partial charge in [0, 0.05) is 0 Å². The predicted octanol–water partition coefficient (Wildman–Crippen LogP) is 1.84. The Morgan fingerprint density at radius 2 is 1.80 bits per heavy atom. The topological polar surface area (TPSA) is 38.7 Å². The average Bonchev–Trinajstić information content (AvgIpc) is 2.97. The molecule has 0 aromatic carbocycles. The van der Waals surface area contributed by atoms with Gasteiger partial charge in [0.1, 0.15) is 0 Å². The van der Waals surface area contributed by atoms with E-state index in [1.165, 1.54) is 12.8 Å². The Bertz CT molecular complexity index is 176. The molecule has 1 N–H and O–H groups in total.